The van der Waals surface area contributed by atoms with Crippen LogP contribution in [0, 0.1) is 0 Å². The molecule has 152 valence electrons. The first-order valence-corrected chi connectivity index (χ1v) is 11.2. The van der Waals surface area contributed by atoms with E-state index in [1.54, 1.807) is 10.7 Å². The van der Waals surface area contributed by atoms with E-state index >= 15 is 0 Å². The SMILES string of the molecule is CC(C)(C)c1ccc(=O)n(CCN2CCN(Cc3cnc(C4CC4)s3)CC2)n1. The van der Waals surface area contributed by atoms with Crippen molar-refractivity contribution in [1.82, 2.24) is 24.6 Å². The summed E-state index contributed by atoms with van der Waals surface area (Å²) in [6.07, 6.45) is 4.72. The summed E-state index contributed by atoms with van der Waals surface area (Å²) >= 11 is 1.90. The highest BCUT2D eigenvalue weighted by molar-refractivity contribution is 7.11. The first kappa shape index (κ1) is 19.7. The van der Waals surface area contributed by atoms with Gasteiger partial charge in [0.15, 0.2) is 0 Å². The molecule has 28 heavy (non-hydrogen) atoms. The quantitative estimate of drug-likeness (QED) is 0.745. The number of hydrogen-bond donors (Lipinski definition) is 0. The molecular formula is C21H31N5OS. The van der Waals surface area contributed by atoms with Gasteiger partial charge in [0.05, 0.1) is 17.2 Å². The topological polar surface area (TPSA) is 54.3 Å². The van der Waals surface area contributed by atoms with E-state index in [1.165, 1.54) is 22.7 Å². The zero-order valence-electron chi connectivity index (χ0n) is 17.2. The van der Waals surface area contributed by atoms with Gasteiger partial charge in [0, 0.05) is 67.7 Å². The van der Waals surface area contributed by atoms with Gasteiger partial charge in [0.25, 0.3) is 5.56 Å². The Morgan fingerprint density at radius 2 is 1.79 bits per heavy atom. The fourth-order valence-electron chi connectivity index (χ4n) is 3.55. The van der Waals surface area contributed by atoms with Crippen LogP contribution in [0.5, 0.6) is 0 Å². The Hall–Kier alpha value is -1.57. The van der Waals surface area contributed by atoms with E-state index in [4.69, 9.17) is 0 Å². The van der Waals surface area contributed by atoms with Gasteiger partial charge in [-0.2, -0.15) is 5.10 Å². The third-order valence-corrected chi connectivity index (χ3v) is 6.75. The Labute approximate surface area is 171 Å². The fraction of sp³-hybridized carbons (Fsp3) is 0.667. The van der Waals surface area contributed by atoms with E-state index < -0.39 is 0 Å². The van der Waals surface area contributed by atoms with E-state index in [9.17, 15) is 4.79 Å². The molecule has 1 saturated heterocycles. The molecule has 1 saturated carbocycles. The van der Waals surface area contributed by atoms with Gasteiger partial charge >= 0.3 is 0 Å². The van der Waals surface area contributed by atoms with Gasteiger partial charge in [0.2, 0.25) is 0 Å². The van der Waals surface area contributed by atoms with Crippen LogP contribution in [0.4, 0.5) is 0 Å². The maximum absolute atomic E-state index is 12.1. The molecule has 0 bridgehead atoms. The average Bonchev–Trinajstić information content (AvgIpc) is 3.41. The lowest BCUT2D eigenvalue weighted by atomic mass is 9.92. The van der Waals surface area contributed by atoms with Crippen LogP contribution < -0.4 is 5.56 Å². The summed E-state index contributed by atoms with van der Waals surface area (Å²) in [5.41, 5.74) is 0.909. The minimum atomic E-state index is -0.0445. The zero-order valence-corrected chi connectivity index (χ0v) is 18.0. The van der Waals surface area contributed by atoms with Crippen LogP contribution in [-0.4, -0.2) is 57.3 Å². The van der Waals surface area contributed by atoms with Crippen molar-refractivity contribution in [2.75, 3.05) is 32.7 Å². The first-order valence-electron chi connectivity index (χ1n) is 10.4. The number of aromatic nitrogens is 3. The van der Waals surface area contributed by atoms with Crippen LogP contribution in [0.2, 0.25) is 0 Å². The molecule has 6 nitrogen and oxygen atoms in total. The molecule has 2 aromatic heterocycles. The molecule has 0 amide bonds. The second-order valence-corrected chi connectivity index (χ2v) is 10.2. The molecular weight excluding hydrogens is 370 g/mol. The summed E-state index contributed by atoms with van der Waals surface area (Å²) in [6.45, 7) is 13.2. The van der Waals surface area contributed by atoms with Gasteiger partial charge < -0.3 is 0 Å². The number of nitrogens with zero attached hydrogens (tertiary/aromatic N) is 5. The van der Waals surface area contributed by atoms with Gasteiger partial charge in [-0.1, -0.05) is 20.8 Å². The number of thiazole rings is 1. The van der Waals surface area contributed by atoms with Gasteiger partial charge in [-0.05, 0) is 18.9 Å². The van der Waals surface area contributed by atoms with Crippen molar-refractivity contribution in [3.63, 3.8) is 0 Å². The Balaban J connectivity index is 1.26. The summed E-state index contributed by atoms with van der Waals surface area (Å²) in [4.78, 5) is 23.1. The van der Waals surface area contributed by atoms with Crippen molar-refractivity contribution >= 4 is 11.3 Å². The van der Waals surface area contributed by atoms with Crippen molar-refractivity contribution in [1.29, 1.82) is 0 Å². The van der Waals surface area contributed by atoms with Gasteiger partial charge in [0.1, 0.15) is 0 Å². The lowest BCUT2D eigenvalue weighted by Crippen LogP contribution is -2.47. The minimum Gasteiger partial charge on any atom is -0.299 e. The lowest BCUT2D eigenvalue weighted by Gasteiger charge is -2.34. The highest BCUT2D eigenvalue weighted by atomic mass is 32.1. The summed E-state index contributed by atoms with van der Waals surface area (Å²) in [7, 11) is 0. The molecule has 7 heteroatoms. The smallest absolute Gasteiger partial charge is 0.266 e. The normalized spacial score (nSPS) is 19.2. The maximum atomic E-state index is 12.1. The van der Waals surface area contributed by atoms with Crippen molar-refractivity contribution in [3.8, 4) is 0 Å². The largest absolute Gasteiger partial charge is 0.299 e. The van der Waals surface area contributed by atoms with Crippen LogP contribution in [0.15, 0.2) is 23.1 Å². The monoisotopic (exact) mass is 401 g/mol. The Morgan fingerprint density at radius 1 is 1.07 bits per heavy atom. The van der Waals surface area contributed by atoms with E-state index in [1.807, 2.05) is 17.4 Å². The molecule has 0 atom stereocenters. The van der Waals surface area contributed by atoms with Crippen LogP contribution >= 0.6 is 11.3 Å². The lowest BCUT2D eigenvalue weighted by molar-refractivity contribution is 0.123. The first-order chi connectivity index (χ1) is 13.4. The number of rotatable bonds is 6. The molecule has 0 spiro atoms. The van der Waals surface area contributed by atoms with E-state index in [2.05, 4.69) is 46.9 Å². The summed E-state index contributed by atoms with van der Waals surface area (Å²) in [5, 5.41) is 5.92. The van der Waals surface area contributed by atoms with Crippen molar-refractivity contribution in [2.45, 2.75) is 58.0 Å². The Kier molecular flexibility index (Phi) is 5.67. The summed E-state index contributed by atoms with van der Waals surface area (Å²) in [6, 6.07) is 3.50. The van der Waals surface area contributed by atoms with Crippen molar-refractivity contribution < 1.29 is 0 Å². The minimum absolute atomic E-state index is 0.0108. The summed E-state index contributed by atoms with van der Waals surface area (Å²) in [5.74, 6) is 0.754. The van der Waals surface area contributed by atoms with Crippen LogP contribution in [0.25, 0.3) is 0 Å². The molecule has 1 aliphatic carbocycles. The molecule has 2 aliphatic rings. The van der Waals surface area contributed by atoms with Crippen LogP contribution in [-0.2, 0) is 18.5 Å². The van der Waals surface area contributed by atoms with Crippen LogP contribution in [0.1, 0.15) is 55.1 Å². The summed E-state index contributed by atoms with van der Waals surface area (Å²) < 4.78 is 1.63. The van der Waals surface area contributed by atoms with Gasteiger partial charge in [-0.15, -0.1) is 11.3 Å². The standard InChI is InChI=1S/C21H31N5OS/c1-21(2,3)18-6-7-19(27)26(23-18)13-12-24-8-10-25(11-9-24)15-17-14-22-20(28-17)16-4-5-16/h6-7,14,16H,4-5,8-13,15H2,1-3H3. The zero-order chi connectivity index (χ0) is 19.7. The Morgan fingerprint density at radius 3 is 2.46 bits per heavy atom. The molecule has 0 unspecified atom stereocenters. The third kappa shape index (κ3) is 4.88. The predicted octanol–water partition coefficient (Wildman–Crippen LogP) is 2.69. The molecule has 2 fully saturated rings. The van der Waals surface area contributed by atoms with Gasteiger partial charge in [-0.25, -0.2) is 9.67 Å². The predicted molar refractivity (Wildman–Crippen MR) is 113 cm³/mol. The molecule has 4 rings (SSSR count). The van der Waals surface area contributed by atoms with Crippen molar-refractivity contribution in [2.24, 2.45) is 0 Å². The number of piperazine rings is 1. The van der Waals surface area contributed by atoms with Gasteiger partial charge in [-0.3, -0.25) is 14.6 Å². The third-order valence-electron chi connectivity index (χ3n) is 5.61. The maximum Gasteiger partial charge on any atom is 0.266 e. The highest BCUT2D eigenvalue weighted by Crippen LogP contribution is 2.41. The molecule has 0 radical (unpaired) electrons. The number of hydrogen-bond acceptors (Lipinski definition) is 6. The van der Waals surface area contributed by atoms with E-state index in [0.29, 0.717) is 6.54 Å². The molecule has 3 heterocycles. The van der Waals surface area contributed by atoms with E-state index in [-0.39, 0.29) is 11.0 Å². The highest BCUT2D eigenvalue weighted by Gasteiger charge is 2.27. The molecule has 0 N–H and O–H groups in total. The van der Waals surface area contributed by atoms with Crippen LogP contribution in [0.3, 0.4) is 0 Å². The second kappa shape index (κ2) is 8.05. The average molecular weight is 402 g/mol. The molecule has 1 aliphatic heterocycles. The second-order valence-electron chi connectivity index (χ2n) is 9.09. The Bertz CT molecular complexity index is 856. The molecule has 2 aromatic rings. The van der Waals surface area contributed by atoms with Crippen molar-refractivity contribution in [3.05, 3.63) is 44.3 Å². The molecule has 0 aromatic carbocycles. The fourth-order valence-corrected chi connectivity index (χ4v) is 4.68. The van der Waals surface area contributed by atoms with E-state index in [0.717, 1.165) is 50.9 Å².